The van der Waals surface area contributed by atoms with Crippen LogP contribution in [0.15, 0.2) is 34.9 Å². The van der Waals surface area contributed by atoms with Crippen LogP contribution in [0.25, 0.3) is 0 Å². The van der Waals surface area contributed by atoms with Crippen molar-refractivity contribution in [3.63, 3.8) is 0 Å². The van der Waals surface area contributed by atoms with E-state index in [1.165, 1.54) is 0 Å². The summed E-state index contributed by atoms with van der Waals surface area (Å²) in [5, 5.41) is 16.3. The molecule has 0 radical (unpaired) electrons. The average molecular weight is 302 g/mol. The third kappa shape index (κ3) is 4.18. The first kappa shape index (κ1) is 16.2. The van der Waals surface area contributed by atoms with E-state index < -0.39 is 5.97 Å². The first-order chi connectivity index (χ1) is 10.6. The Hall–Kier alpha value is -2.14. The van der Waals surface area contributed by atoms with E-state index in [2.05, 4.69) is 24.3 Å². The number of aromatic nitrogens is 1. The molecule has 0 saturated carbocycles. The largest absolute Gasteiger partial charge is 0.478 e. The maximum absolute atomic E-state index is 10.9. The van der Waals surface area contributed by atoms with Crippen LogP contribution in [-0.4, -0.2) is 16.2 Å². The number of aromatic carboxylic acids is 1. The predicted octanol–water partition coefficient (Wildman–Crippen LogP) is 3.57. The van der Waals surface area contributed by atoms with Crippen LogP contribution in [-0.2, 0) is 13.1 Å². The number of benzene rings is 1. The summed E-state index contributed by atoms with van der Waals surface area (Å²) < 4.78 is 5.34. The van der Waals surface area contributed by atoms with Crippen LogP contribution in [0.5, 0.6) is 0 Å². The van der Waals surface area contributed by atoms with Gasteiger partial charge in [-0.25, -0.2) is 4.79 Å². The topological polar surface area (TPSA) is 75.4 Å². The fourth-order valence-corrected chi connectivity index (χ4v) is 2.46. The van der Waals surface area contributed by atoms with E-state index in [-0.39, 0.29) is 0 Å². The van der Waals surface area contributed by atoms with Gasteiger partial charge in [-0.2, -0.15) is 0 Å². The Morgan fingerprint density at radius 3 is 2.73 bits per heavy atom. The molecule has 2 rings (SSSR count). The highest BCUT2D eigenvalue weighted by molar-refractivity contribution is 5.87. The van der Waals surface area contributed by atoms with Crippen LogP contribution in [0.2, 0.25) is 0 Å². The first-order valence-corrected chi connectivity index (χ1v) is 7.62. The number of hydrogen-bond acceptors (Lipinski definition) is 4. The molecule has 22 heavy (non-hydrogen) atoms. The van der Waals surface area contributed by atoms with Crippen LogP contribution >= 0.6 is 0 Å². The summed E-state index contributed by atoms with van der Waals surface area (Å²) in [6, 6.07) is 8.91. The molecule has 0 aliphatic rings. The van der Waals surface area contributed by atoms with E-state index in [0.29, 0.717) is 24.6 Å². The smallest absolute Gasteiger partial charge is 0.335 e. The van der Waals surface area contributed by atoms with Crippen molar-refractivity contribution >= 4 is 5.97 Å². The van der Waals surface area contributed by atoms with Crippen LogP contribution in [0, 0.1) is 0 Å². The van der Waals surface area contributed by atoms with Crippen molar-refractivity contribution in [2.45, 2.75) is 45.7 Å². The maximum atomic E-state index is 10.9. The third-order valence-electron chi connectivity index (χ3n) is 3.78. The van der Waals surface area contributed by atoms with Gasteiger partial charge in [0.25, 0.3) is 0 Å². The lowest BCUT2D eigenvalue weighted by molar-refractivity contribution is 0.0696. The zero-order chi connectivity index (χ0) is 15.9. The SMILES string of the molecule is CCC(CC)c1cc(CNCc2cccc(C(=O)O)c2)on1. The molecule has 2 aromatic rings. The molecular weight excluding hydrogens is 280 g/mol. The fraction of sp³-hybridized carbons (Fsp3) is 0.412. The highest BCUT2D eigenvalue weighted by atomic mass is 16.5. The van der Waals surface area contributed by atoms with Gasteiger partial charge in [-0.15, -0.1) is 0 Å². The second kappa shape index (κ2) is 7.75. The van der Waals surface area contributed by atoms with E-state index in [9.17, 15) is 4.79 Å². The van der Waals surface area contributed by atoms with E-state index in [1.54, 1.807) is 18.2 Å². The summed E-state index contributed by atoms with van der Waals surface area (Å²) in [5.41, 5.74) is 2.24. The van der Waals surface area contributed by atoms with Gasteiger partial charge < -0.3 is 14.9 Å². The zero-order valence-electron chi connectivity index (χ0n) is 13.0. The van der Waals surface area contributed by atoms with Crippen molar-refractivity contribution in [3.05, 3.63) is 52.9 Å². The quantitative estimate of drug-likeness (QED) is 0.779. The molecule has 118 valence electrons. The zero-order valence-corrected chi connectivity index (χ0v) is 13.0. The monoisotopic (exact) mass is 302 g/mol. The first-order valence-electron chi connectivity index (χ1n) is 7.62. The number of nitrogens with one attached hydrogen (secondary N) is 1. The van der Waals surface area contributed by atoms with Crippen LogP contribution in [0.4, 0.5) is 0 Å². The van der Waals surface area contributed by atoms with Crippen molar-refractivity contribution < 1.29 is 14.4 Å². The molecule has 1 aromatic heterocycles. The Bertz CT molecular complexity index is 618. The molecular formula is C17H22N2O3. The number of hydrogen-bond donors (Lipinski definition) is 2. The highest BCUT2D eigenvalue weighted by Gasteiger charge is 2.12. The van der Waals surface area contributed by atoms with E-state index >= 15 is 0 Å². The van der Waals surface area contributed by atoms with Gasteiger partial charge in [-0.1, -0.05) is 31.1 Å². The maximum Gasteiger partial charge on any atom is 0.335 e. The lowest BCUT2D eigenvalue weighted by Gasteiger charge is -2.06. The molecule has 2 N–H and O–H groups in total. The normalized spacial score (nSPS) is 11.0. The van der Waals surface area contributed by atoms with Crippen molar-refractivity contribution in [2.24, 2.45) is 0 Å². The van der Waals surface area contributed by atoms with Gasteiger partial charge >= 0.3 is 5.97 Å². The Kier molecular flexibility index (Phi) is 5.72. The van der Waals surface area contributed by atoms with Crippen molar-refractivity contribution in [2.75, 3.05) is 0 Å². The number of carbonyl (C=O) groups is 1. The molecule has 0 fully saturated rings. The summed E-state index contributed by atoms with van der Waals surface area (Å²) in [4.78, 5) is 10.9. The number of carboxylic acids is 1. The minimum Gasteiger partial charge on any atom is -0.478 e. The molecule has 0 aliphatic carbocycles. The second-order valence-corrected chi connectivity index (χ2v) is 5.34. The molecule has 1 aromatic carbocycles. The molecule has 0 atom stereocenters. The lowest BCUT2D eigenvalue weighted by atomic mass is 9.99. The molecule has 5 heteroatoms. The molecule has 0 saturated heterocycles. The average Bonchev–Trinajstić information content (AvgIpc) is 2.97. The Morgan fingerprint density at radius 1 is 1.27 bits per heavy atom. The Labute approximate surface area is 130 Å². The number of nitrogens with zero attached hydrogens (tertiary/aromatic N) is 1. The highest BCUT2D eigenvalue weighted by Crippen LogP contribution is 2.22. The van der Waals surface area contributed by atoms with Crippen LogP contribution in [0.1, 0.15) is 60.0 Å². The minimum atomic E-state index is -0.910. The molecule has 0 bridgehead atoms. The molecule has 0 unspecified atom stereocenters. The lowest BCUT2D eigenvalue weighted by Crippen LogP contribution is -2.12. The predicted molar refractivity (Wildman–Crippen MR) is 83.8 cm³/mol. The molecule has 1 heterocycles. The molecule has 0 aliphatic heterocycles. The summed E-state index contributed by atoms with van der Waals surface area (Å²) in [6.45, 7) is 5.46. The number of carboxylic acid groups (broad SMARTS) is 1. The Balaban J connectivity index is 1.89. The van der Waals surface area contributed by atoms with Gasteiger partial charge in [-0.05, 0) is 30.5 Å². The minimum absolute atomic E-state index is 0.301. The molecule has 0 amide bonds. The van der Waals surface area contributed by atoms with Gasteiger partial charge in [0, 0.05) is 18.5 Å². The van der Waals surface area contributed by atoms with Crippen molar-refractivity contribution in [1.82, 2.24) is 10.5 Å². The van der Waals surface area contributed by atoms with E-state index in [1.807, 2.05) is 12.1 Å². The van der Waals surface area contributed by atoms with Gasteiger partial charge in [0.1, 0.15) is 0 Å². The van der Waals surface area contributed by atoms with Gasteiger partial charge in [0.2, 0.25) is 0 Å². The summed E-state index contributed by atoms with van der Waals surface area (Å²) in [6.07, 6.45) is 2.11. The molecule has 0 spiro atoms. The van der Waals surface area contributed by atoms with E-state index in [0.717, 1.165) is 29.9 Å². The van der Waals surface area contributed by atoms with Crippen molar-refractivity contribution in [1.29, 1.82) is 0 Å². The fourth-order valence-electron chi connectivity index (χ4n) is 2.46. The van der Waals surface area contributed by atoms with Crippen LogP contribution < -0.4 is 5.32 Å². The van der Waals surface area contributed by atoms with Gasteiger partial charge in [-0.3, -0.25) is 0 Å². The van der Waals surface area contributed by atoms with Gasteiger partial charge in [0.05, 0.1) is 17.8 Å². The molecule has 5 nitrogen and oxygen atoms in total. The number of rotatable bonds is 8. The summed E-state index contributed by atoms with van der Waals surface area (Å²) in [7, 11) is 0. The van der Waals surface area contributed by atoms with E-state index in [4.69, 9.17) is 9.63 Å². The Morgan fingerprint density at radius 2 is 2.05 bits per heavy atom. The standard InChI is InChI=1S/C17H22N2O3/c1-3-13(4-2)16-9-15(22-19-16)11-18-10-12-6-5-7-14(8-12)17(20)21/h5-9,13,18H,3-4,10-11H2,1-2H3,(H,20,21). The van der Waals surface area contributed by atoms with Gasteiger partial charge in [0.15, 0.2) is 5.76 Å². The summed E-state index contributed by atoms with van der Waals surface area (Å²) in [5.74, 6) is 0.341. The van der Waals surface area contributed by atoms with Crippen molar-refractivity contribution in [3.8, 4) is 0 Å². The second-order valence-electron chi connectivity index (χ2n) is 5.34. The summed E-state index contributed by atoms with van der Waals surface area (Å²) >= 11 is 0. The third-order valence-corrected chi connectivity index (χ3v) is 3.78. The van der Waals surface area contributed by atoms with Crippen LogP contribution in [0.3, 0.4) is 0 Å².